The van der Waals surface area contributed by atoms with E-state index >= 15 is 0 Å². The second-order valence-electron chi connectivity index (χ2n) is 5.05. The third-order valence-electron chi connectivity index (χ3n) is 3.43. The van der Waals surface area contributed by atoms with Crippen LogP contribution in [0.1, 0.15) is 22.6 Å². The van der Waals surface area contributed by atoms with Gasteiger partial charge in [0, 0.05) is 4.47 Å². The molecule has 0 radical (unpaired) electrons. The zero-order valence-electron chi connectivity index (χ0n) is 12.1. The molecule has 3 aromatic rings. The summed E-state index contributed by atoms with van der Waals surface area (Å²) in [5.41, 5.74) is 4.92. The predicted octanol–water partition coefficient (Wildman–Crippen LogP) is 3.67. The molecule has 3 rings (SSSR count). The Hall–Kier alpha value is -1.95. The molecule has 0 N–H and O–H groups in total. The van der Waals surface area contributed by atoms with Crippen LogP contribution in [-0.4, -0.2) is 20.2 Å². The SMILES string of the molecule is Cc1cccc(Cn2cc(-c3c(C)noc3C)nn2)c1Br. The van der Waals surface area contributed by atoms with Crippen LogP contribution < -0.4 is 0 Å². The van der Waals surface area contributed by atoms with Crippen LogP contribution >= 0.6 is 15.9 Å². The second kappa shape index (κ2) is 5.44. The number of aryl methyl sites for hydroxylation is 3. The van der Waals surface area contributed by atoms with Crippen LogP contribution in [0.4, 0.5) is 0 Å². The molecule has 21 heavy (non-hydrogen) atoms. The molecule has 2 aromatic heterocycles. The summed E-state index contributed by atoms with van der Waals surface area (Å²) >= 11 is 3.62. The van der Waals surface area contributed by atoms with Crippen LogP contribution in [0.25, 0.3) is 11.3 Å². The molecule has 0 amide bonds. The van der Waals surface area contributed by atoms with Gasteiger partial charge >= 0.3 is 0 Å². The normalized spacial score (nSPS) is 11.0. The molecule has 0 saturated carbocycles. The molecule has 0 unspecified atom stereocenters. The Bertz CT molecular complexity index is 771. The van der Waals surface area contributed by atoms with E-state index < -0.39 is 0 Å². The monoisotopic (exact) mass is 346 g/mol. The van der Waals surface area contributed by atoms with Crippen LogP contribution in [-0.2, 0) is 6.54 Å². The van der Waals surface area contributed by atoms with Crippen LogP contribution in [0, 0.1) is 20.8 Å². The molecule has 0 aliphatic heterocycles. The first-order valence-electron chi connectivity index (χ1n) is 6.63. The zero-order chi connectivity index (χ0) is 15.0. The van der Waals surface area contributed by atoms with E-state index in [1.54, 1.807) is 0 Å². The number of hydrogen-bond donors (Lipinski definition) is 0. The molecule has 0 aliphatic rings. The lowest BCUT2D eigenvalue weighted by molar-refractivity contribution is 0.393. The van der Waals surface area contributed by atoms with Crippen molar-refractivity contribution in [2.45, 2.75) is 27.3 Å². The Balaban J connectivity index is 1.91. The molecule has 0 spiro atoms. The highest BCUT2D eigenvalue weighted by Crippen LogP contribution is 2.25. The summed E-state index contributed by atoms with van der Waals surface area (Å²) in [7, 11) is 0. The fourth-order valence-corrected chi connectivity index (χ4v) is 2.73. The van der Waals surface area contributed by atoms with Crippen molar-refractivity contribution in [2.24, 2.45) is 0 Å². The molecule has 0 atom stereocenters. The predicted molar refractivity (Wildman–Crippen MR) is 83.0 cm³/mol. The topological polar surface area (TPSA) is 56.7 Å². The first-order chi connectivity index (χ1) is 10.1. The van der Waals surface area contributed by atoms with Crippen molar-refractivity contribution in [3.8, 4) is 11.3 Å². The van der Waals surface area contributed by atoms with Crippen molar-refractivity contribution in [1.82, 2.24) is 20.2 Å². The molecule has 1 aromatic carbocycles. The molecular formula is C15H15BrN4O. The Morgan fingerprint density at radius 1 is 1.24 bits per heavy atom. The van der Waals surface area contributed by atoms with Crippen LogP contribution in [0.15, 0.2) is 33.4 Å². The fourth-order valence-electron chi connectivity index (χ4n) is 2.34. The van der Waals surface area contributed by atoms with Gasteiger partial charge in [0.2, 0.25) is 0 Å². The minimum atomic E-state index is 0.665. The van der Waals surface area contributed by atoms with Gasteiger partial charge in [-0.25, -0.2) is 4.68 Å². The molecule has 6 heteroatoms. The van der Waals surface area contributed by atoms with Crippen molar-refractivity contribution in [3.63, 3.8) is 0 Å². The van der Waals surface area contributed by atoms with E-state index in [-0.39, 0.29) is 0 Å². The van der Waals surface area contributed by atoms with Gasteiger partial charge < -0.3 is 4.52 Å². The lowest BCUT2D eigenvalue weighted by atomic mass is 10.1. The lowest BCUT2D eigenvalue weighted by Crippen LogP contribution is -2.01. The van der Waals surface area contributed by atoms with E-state index in [1.165, 1.54) is 11.1 Å². The van der Waals surface area contributed by atoms with Crippen molar-refractivity contribution < 1.29 is 4.52 Å². The molecule has 108 valence electrons. The minimum Gasteiger partial charge on any atom is -0.361 e. The third-order valence-corrected chi connectivity index (χ3v) is 4.57. The Labute approximate surface area is 131 Å². The Morgan fingerprint density at radius 3 is 2.76 bits per heavy atom. The maximum Gasteiger partial charge on any atom is 0.143 e. The summed E-state index contributed by atoms with van der Waals surface area (Å²) in [5, 5.41) is 12.4. The van der Waals surface area contributed by atoms with E-state index in [0.29, 0.717) is 6.54 Å². The summed E-state index contributed by atoms with van der Waals surface area (Å²) in [4.78, 5) is 0. The van der Waals surface area contributed by atoms with Crippen LogP contribution in [0.2, 0.25) is 0 Å². The average Bonchev–Trinajstić information content (AvgIpc) is 3.02. The highest BCUT2D eigenvalue weighted by atomic mass is 79.9. The van der Waals surface area contributed by atoms with Gasteiger partial charge in [0.25, 0.3) is 0 Å². The third kappa shape index (κ3) is 2.63. The molecule has 0 saturated heterocycles. The summed E-state index contributed by atoms with van der Waals surface area (Å²) in [6.07, 6.45) is 1.92. The molecule has 0 bridgehead atoms. The lowest BCUT2D eigenvalue weighted by Gasteiger charge is -2.06. The van der Waals surface area contributed by atoms with E-state index in [4.69, 9.17) is 4.52 Å². The van der Waals surface area contributed by atoms with Gasteiger partial charge in [-0.1, -0.05) is 44.5 Å². The zero-order valence-corrected chi connectivity index (χ0v) is 13.7. The number of nitrogens with zero attached hydrogens (tertiary/aromatic N) is 4. The Morgan fingerprint density at radius 2 is 2.05 bits per heavy atom. The largest absolute Gasteiger partial charge is 0.361 e. The quantitative estimate of drug-likeness (QED) is 0.725. The van der Waals surface area contributed by atoms with Gasteiger partial charge in [-0.2, -0.15) is 0 Å². The van der Waals surface area contributed by atoms with Crippen LogP contribution in [0.5, 0.6) is 0 Å². The summed E-state index contributed by atoms with van der Waals surface area (Å²) in [6.45, 7) is 6.52. The van der Waals surface area contributed by atoms with Gasteiger partial charge in [-0.15, -0.1) is 5.10 Å². The van der Waals surface area contributed by atoms with Crippen LogP contribution in [0.3, 0.4) is 0 Å². The molecular weight excluding hydrogens is 332 g/mol. The minimum absolute atomic E-state index is 0.665. The van der Waals surface area contributed by atoms with E-state index in [1.807, 2.05) is 30.8 Å². The van der Waals surface area contributed by atoms with Gasteiger partial charge in [-0.05, 0) is 31.9 Å². The number of benzene rings is 1. The number of rotatable bonds is 3. The van der Waals surface area contributed by atoms with Gasteiger partial charge in [-0.3, -0.25) is 0 Å². The van der Waals surface area contributed by atoms with Crippen molar-refractivity contribution in [1.29, 1.82) is 0 Å². The van der Waals surface area contributed by atoms with Crippen molar-refractivity contribution in [2.75, 3.05) is 0 Å². The smallest absolute Gasteiger partial charge is 0.143 e. The van der Waals surface area contributed by atoms with Gasteiger partial charge in [0.05, 0.1) is 24.0 Å². The molecule has 5 nitrogen and oxygen atoms in total. The molecule has 0 aliphatic carbocycles. The molecule has 2 heterocycles. The van der Waals surface area contributed by atoms with Gasteiger partial charge in [0.1, 0.15) is 11.5 Å². The number of halogens is 1. The second-order valence-corrected chi connectivity index (χ2v) is 5.84. The standard InChI is InChI=1S/C15H15BrN4O/c1-9-5-4-6-12(15(9)16)7-20-8-13(17-19-20)14-10(2)18-21-11(14)3/h4-6,8H,7H2,1-3H3. The Kier molecular flexibility index (Phi) is 3.63. The van der Waals surface area contributed by atoms with E-state index in [2.05, 4.69) is 50.5 Å². The van der Waals surface area contributed by atoms with E-state index in [0.717, 1.165) is 27.2 Å². The highest BCUT2D eigenvalue weighted by molar-refractivity contribution is 9.10. The number of hydrogen-bond acceptors (Lipinski definition) is 4. The summed E-state index contributed by atoms with van der Waals surface area (Å²) < 4.78 is 8.11. The first kappa shape index (κ1) is 14.0. The van der Waals surface area contributed by atoms with Crippen molar-refractivity contribution in [3.05, 3.63) is 51.4 Å². The van der Waals surface area contributed by atoms with E-state index in [9.17, 15) is 0 Å². The summed E-state index contributed by atoms with van der Waals surface area (Å²) in [5.74, 6) is 0.760. The van der Waals surface area contributed by atoms with Crippen molar-refractivity contribution >= 4 is 15.9 Å². The number of aromatic nitrogens is 4. The maximum atomic E-state index is 5.18. The highest BCUT2D eigenvalue weighted by Gasteiger charge is 2.15. The maximum absolute atomic E-state index is 5.18. The summed E-state index contributed by atoms with van der Waals surface area (Å²) in [6, 6.07) is 6.19. The fraction of sp³-hybridized carbons (Fsp3) is 0.267. The van der Waals surface area contributed by atoms with Gasteiger partial charge in [0.15, 0.2) is 0 Å². The first-order valence-corrected chi connectivity index (χ1v) is 7.43. The molecule has 0 fully saturated rings. The average molecular weight is 347 g/mol.